The number of rotatable bonds is 8. The third kappa shape index (κ3) is 7.32. The van der Waals surface area contributed by atoms with Crippen molar-refractivity contribution in [2.45, 2.75) is 44.9 Å². The molecule has 1 aromatic carbocycles. The minimum atomic E-state index is -4.70. The highest BCUT2D eigenvalue weighted by Crippen LogP contribution is 2.32. The molecule has 0 unspecified atom stereocenters. The molecule has 0 saturated heterocycles. The van der Waals surface area contributed by atoms with E-state index < -0.39 is 43.6 Å². The van der Waals surface area contributed by atoms with Crippen LogP contribution in [0.3, 0.4) is 0 Å². The van der Waals surface area contributed by atoms with Gasteiger partial charge in [0.25, 0.3) is 5.88 Å². The Hall–Kier alpha value is -2.62. The first kappa shape index (κ1) is 23.7. The van der Waals surface area contributed by atoms with E-state index in [1.54, 1.807) is 6.92 Å². The molecule has 10 heteroatoms. The minimum Gasteiger partial charge on any atom is -0.479 e. The zero-order valence-corrected chi connectivity index (χ0v) is 18.0. The van der Waals surface area contributed by atoms with Crippen LogP contribution in [0.4, 0.5) is 17.6 Å². The predicted octanol–water partition coefficient (Wildman–Crippen LogP) is 5.68. The first-order valence-corrected chi connectivity index (χ1v) is 12.9. The zero-order valence-electron chi connectivity index (χ0n) is 17.0. The van der Waals surface area contributed by atoms with Crippen molar-refractivity contribution in [1.82, 2.24) is 4.98 Å². The molecule has 0 aliphatic heterocycles. The van der Waals surface area contributed by atoms with Crippen LogP contribution < -0.4 is 9.47 Å². The molecule has 0 N–H and O–H groups in total. The number of ether oxygens (including phenoxy) is 3. The monoisotopic (exact) mass is 445 g/mol. The van der Waals surface area contributed by atoms with Gasteiger partial charge in [0, 0.05) is 14.3 Å². The van der Waals surface area contributed by atoms with E-state index in [4.69, 9.17) is 14.2 Å². The number of halogens is 4. The van der Waals surface area contributed by atoms with Crippen LogP contribution in [0, 0.1) is 5.82 Å². The summed E-state index contributed by atoms with van der Waals surface area (Å²) in [6.45, 7) is 8.44. The number of benzene rings is 1. The summed E-state index contributed by atoms with van der Waals surface area (Å²) in [5.74, 6) is -1.82. The summed E-state index contributed by atoms with van der Waals surface area (Å²) in [6, 6.07) is 6.95. The van der Waals surface area contributed by atoms with Crippen LogP contribution in [0.15, 0.2) is 36.5 Å². The molecular formula is C20H23F4NO4Si. The van der Waals surface area contributed by atoms with Gasteiger partial charge in [-0.2, -0.15) is 13.2 Å². The maximum Gasteiger partial charge on any atom is 0.417 e. The molecule has 1 atom stereocenters. The van der Waals surface area contributed by atoms with Gasteiger partial charge in [-0.25, -0.2) is 14.2 Å². The van der Waals surface area contributed by atoms with Gasteiger partial charge in [-0.05, 0) is 43.3 Å². The Labute approximate surface area is 173 Å². The van der Waals surface area contributed by atoms with Gasteiger partial charge in [-0.1, -0.05) is 19.6 Å². The lowest BCUT2D eigenvalue weighted by Gasteiger charge is -2.18. The normalized spacial score (nSPS) is 12.9. The van der Waals surface area contributed by atoms with Crippen molar-refractivity contribution in [2.75, 3.05) is 6.61 Å². The highest BCUT2D eigenvalue weighted by Gasteiger charge is 2.32. The molecule has 1 aromatic heterocycles. The van der Waals surface area contributed by atoms with Gasteiger partial charge in [-0.3, -0.25) is 0 Å². The van der Waals surface area contributed by atoms with E-state index in [0.717, 1.165) is 6.04 Å². The van der Waals surface area contributed by atoms with E-state index >= 15 is 0 Å². The number of hydrogen-bond acceptors (Lipinski definition) is 5. The average molecular weight is 445 g/mol. The molecule has 2 rings (SSSR count). The van der Waals surface area contributed by atoms with Gasteiger partial charge in [0.1, 0.15) is 11.5 Å². The standard InChI is InChI=1S/C20H23F4NO4Si/c1-13(19(26)27-9-10-30(2,3)4)28-15-5-7-16(8-6-15)29-18-17(21)11-14(12-25-18)20(22,23)24/h5-8,11-13H,9-10H2,1-4H3/t13-/m1/s1. The van der Waals surface area contributed by atoms with Gasteiger partial charge in [0.05, 0.1) is 12.2 Å². The first-order chi connectivity index (χ1) is 13.8. The van der Waals surface area contributed by atoms with Gasteiger partial charge < -0.3 is 14.2 Å². The molecular weight excluding hydrogens is 422 g/mol. The summed E-state index contributed by atoms with van der Waals surface area (Å²) in [5.41, 5.74) is -1.21. The van der Waals surface area contributed by atoms with Gasteiger partial charge in [0.2, 0.25) is 0 Å². The van der Waals surface area contributed by atoms with E-state index in [1.165, 1.54) is 24.3 Å². The number of carbonyl (C=O) groups is 1. The Morgan fingerprint density at radius 1 is 1.13 bits per heavy atom. The molecule has 0 aliphatic carbocycles. The van der Waals surface area contributed by atoms with Crippen molar-refractivity contribution < 1.29 is 36.6 Å². The Balaban J connectivity index is 1.93. The fourth-order valence-electron chi connectivity index (χ4n) is 2.18. The lowest BCUT2D eigenvalue weighted by Crippen LogP contribution is -2.29. The molecule has 0 amide bonds. The SMILES string of the molecule is C[C@@H](Oc1ccc(Oc2ncc(C(F)(F)F)cc2F)cc1)C(=O)OCC[Si](C)(C)C. The predicted molar refractivity (Wildman–Crippen MR) is 105 cm³/mol. The highest BCUT2D eigenvalue weighted by molar-refractivity contribution is 6.76. The smallest absolute Gasteiger partial charge is 0.417 e. The fraction of sp³-hybridized carbons (Fsp3) is 0.400. The van der Waals surface area contributed by atoms with Crippen molar-refractivity contribution in [1.29, 1.82) is 0 Å². The summed E-state index contributed by atoms with van der Waals surface area (Å²) < 4.78 is 67.4. The second-order valence-corrected chi connectivity index (χ2v) is 13.4. The highest BCUT2D eigenvalue weighted by atomic mass is 28.3. The van der Waals surface area contributed by atoms with Crippen LogP contribution in [-0.2, 0) is 15.7 Å². The first-order valence-electron chi connectivity index (χ1n) is 9.19. The number of hydrogen-bond donors (Lipinski definition) is 0. The second-order valence-electron chi connectivity index (χ2n) is 7.82. The van der Waals surface area contributed by atoms with Crippen molar-refractivity contribution in [3.8, 4) is 17.4 Å². The van der Waals surface area contributed by atoms with E-state index in [1.807, 2.05) is 0 Å². The summed E-state index contributed by atoms with van der Waals surface area (Å²) >= 11 is 0. The maximum atomic E-state index is 13.8. The third-order valence-electron chi connectivity index (χ3n) is 3.91. The average Bonchev–Trinajstić information content (AvgIpc) is 2.63. The van der Waals surface area contributed by atoms with Crippen LogP contribution in [0.5, 0.6) is 17.4 Å². The number of nitrogens with zero attached hydrogens (tertiary/aromatic N) is 1. The third-order valence-corrected chi connectivity index (χ3v) is 5.62. The number of esters is 1. The molecule has 164 valence electrons. The fourth-order valence-corrected chi connectivity index (χ4v) is 2.90. The van der Waals surface area contributed by atoms with Crippen molar-refractivity contribution in [2.24, 2.45) is 0 Å². The molecule has 2 aromatic rings. The molecule has 1 heterocycles. The van der Waals surface area contributed by atoms with E-state index in [-0.39, 0.29) is 5.75 Å². The van der Waals surface area contributed by atoms with Gasteiger partial charge in [-0.15, -0.1) is 0 Å². The van der Waals surface area contributed by atoms with E-state index in [9.17, 15) is 22.4 Å². The zero-order chi connectivity index (χ0) is 22.5. The minimum absolute atomic E-state index is 0.138. The van der Waals surface area contributed by atoms with Crippen LogP contribution in [-0.4, -0.2) is 31.7 Å². The Bertz CT molecular complexity index is 867. The largest absolute Gasteiger partial charge is 0.479 e. The van der Waals surface area contributed by atoms with E-state index in [0.29, 0.717) is 24.6 Å². The number of pyridine rings is 1. The van der Waals surface area contributed by atoms with Crippen LogP contribution >= 0.6 is 0 Å². The molecule has 0 saturated carbocycles. The van der Waals surface area contributed by atoms with Crippen LogP contribution in [0.1, 0.15) is 12.5 Å². The molecule has 0 bridgehead atoms. The lowest BCUT2D eigenvalue weighted by atomic mass is 10.2. The maximum absolute atomic E-state index is 13.8. The topological polar surface area (TPSA) is 57.7 Å². The summed E-state index contributed by atoms with van der Waals surface area (Å²) in [6.07, 6.45) is -5.03. The Morgan fingerprint density at radius 2 is 1.73 bits per heavy atom. The van der Waals surface area contributed by atoms with Gasteiger partial charge in [0.15, 0.2) is 11.9 Å². The molecule has 0 spiro atoms. The molecule has 0 fully saturated rings. The lowest BCUT2D eigenvalue weighted by molar-refractivity contribution is -0.150. The Kier molecular flexibility index (Phi) is 7.46. The van der Waals surface area contributed by atoms with E-state index in [2.05, 4.69) is 24.6 Å². The van der Waals surface area contributed by atoms with Crippen molar-refractivity contribution >= 4 is 14.0 Å². The summed E-state index contributed by atoms with van der Waals surface area (Å²) in [5, 5.41) is 0. The molecule has 5 nitrogen and oxygen atoms in total. The van der Waals surface area contributed by atoms with Crippen LogP contribution in [0.2, 0.25) is 25.7 Å². The summed E-state index contributed by atoms with van der Waals surface area (Å²) in [7, 11) is -1.31. The number of alkyl halides is 3. The molecule has 0 radical (unpaired) electrons. The second kappa shape index (κ2) is 9.46. The molecule has 0 aliphatic rings. The van der Waals surface area contributed by atoms with Gasteiger partial charge >= 0.3 is 12.1 Å². The quantitative estimate of drug-likeness (QED) is 0.297. The molecule has 30 heavy (non-hydrogen) atoms. The summed E-state index contributed by atoms with van der Waals surface area (Å²) in [4.78, 5) is 15.4. The van der Waals surface area contributed by atoms with Crippen LogP contribution in [0.25, 0.3) is 0 Å². The van der Waals surface area contributed by atoms with Crippen molar-refractivity contribution in [3.05, 3.63) is 47.9 Å². The number of carbonyl (C=O) groups excluding carboxylic acids is 1. The van der Waals surface area contributed by atoms with Crippen molar-refractivity contribution in [3.63, 3.8) is 0 Å². The Morgan fingerprint density at radius 3 is 2.27 bits per heavy atom. The number of aromatic nitrogens is 1.